The highest BCUT2D eigenvalue weighted by molar-refractivity contribution is 7.98. The van der Waals surface area contributed by atoms with Crippen LogP contribution in [0, 0.1) is 13.8 Å². The van der Waals surface area contributed by atoms with Crippen LogP contribution in [0.4, 0.5) is 0 Å². The smallest absolute Gasteiger partial charge is 0.145 e. The topological polar surface area (TPSA) is 38.2 Å². The van der Waals surface area contributed by atoms with Crippen LogP contribution in [-0.2, 0) is 17.0 Å². The zero-order chi connectivity index (χ0) is 18.1. The van der Waals surface area contributed by atoms with Gasteiger partial charge in [0.05, 0.1) is 24.1 Å². The average molecular weight is 426 g/mol. The second-order valence-electron chi connectivity index (χ2n) is 6.29. The Labute approximate surface area is 170 Å². The maximum atomic E-state index is 6.07. The summed E-state index contributed by atoms with van der Waals surface area (Å²) in [6.07, 6.45) is 0. The molecule has 4 heterocycles. The van der Waals surface area contributed by atoms with Crippen molar-refractivity contribution in [3.63, 3.8) is 0 Å². The summed E-state index contributed by atoms with van der Waals surface area (Å²) in [7, 11) is 0. The lowest BCUT2D eigenvalue weighted by molar-refractivity contribution is 0.0330. The number of aryl methyl sites for hydroxylation is 2. The molecule has 0 radical (unpaired) electrons. The molecule has 3 aromatic heterocycles. The quantitative estimate of drug-likeness (QED) is 0.417. The van der Waals surface area contributed by atoms with Gasteiger partial charge < -0.3 is 4.74 Å². The van der Waals surface area contributed by atoms with Crippen LogP contribution in [0.3, 0.4) is 0 Å². The Balaban J connectivity index is 1.63. The first kappa shape index (κ1) is 18.7. The van der Waals surface area contributed by atoms with Crippen molar-refractivity contribution in [2.45, 2.75) is 31.2 Å². The first-order valence-corrected chi connectivity index (χ1v) is 11.5. The van der Waals surface area contributed by atoms with Crippen molar-refractivity contribution >= 4 is 56.3 Å². The number of fused-ring (bicyclic) bond motifs is 1. The van der Waals surface area contributed by atoms with Crippen LogP contribution in [0.15, 0.2) is 17.2 Å². The molecule has 0 aliphatic carbocycles. The van der Waals surface area contributed by atoms with E-state index in [1.165, 1.54) is 20.7 Å². The number of rotatable bonds is 5. The number of halogens is 1. The number of morpholine rings is 1. The van der Waals surface area contributed by atoms with Gasteiger partial charge in [0.2, 0.25) is 0 Å². The molecule has 4 rings (SSSR count). The summed E-state index contributed by atoms with van der Waals surface area (Å²) in [6.45, 7) is 8.59. The molecule has 4 nitrogen and oxygen atoms in total. The fraction of sp³-hybridized carbons (Fsp3) is 0.444. The molecule has 0 N–H and O–H groups in total. The van der Waals surface area contributed by atoms with Crippen molar-refractivity contribution in [2.75, 3.05) is 26.3 Å². The van der Waals surface area contributed by atoms with Crippen LogP contribution in [0.1, 0.15) is 21.1 Å². The fourth-order valence-corrected chi connectivity index (χ4v) is 6.31. The lowest BCUT2D eigenvalue weighted by Gasteiger charge is -2.25. The number of hydrogen-bond acceptors (Lipinski definition) is 7. The number of aromatic nitrogens is 2. The molecule has 0 bridgehead atoms. The molecule has 1 saturated heterocycles. The van der Waals surface area contributed by atoms with Gasteiger partial charge in [0.25, 0.3) is 0 Å². The van der Waals surface area contributed by atoms with Gasteiger partial charge in [0, 0.05) is 34.0 Å². The molecule has 138 valence electrons. The van der Waals surface area contributed by atoms with Gasteiger partial charge in [-0.15, -0.1) is 34.4 Å². The summed E-state index contributed by atoms with van der Waals surface area (Å²) in [5.41, 5.74) is 1.30. The maximum absolute atomic E-state index is 6.07. The van der Waals surface area contributed by atoms with Crippen LogP contribution in [0.5, 0.6) is 0 Å². The summed E-state index contributed by atoms with van der Waals surface area (Å²) < 4.78 is 6.28. The Morgan fingerprint density at radius 3 is 2.73 bits per heavy atom. The average Bonchev–Trinajstić information content (AvgIpc) is 3.17. The molecule has 0 saturated carbocycles. The van der Waals surface area contributed by atoms with Crippen molar-refractivity contribution < 1.29 is 4.74 Å². The molecule has 0 amide bonds. The zero-order valence-corrected chi connectivity index (χ0v) is 18.0. The van der Waals surface area contributed by atoms with E-state index in [1.807, 2.05) is 6.07 Å². The van der Waals surface area contributed by atoms with Crippen LogP contribution < -0.4 is 0 Å². The highest BCUT2D eigenvalue weighted by Crippen LogP contribution is 2.37. The van der Waals surface area contributed by atoms with E-state index in [2.05, 4.69) is 24.8 Å². The molecule has 1 aliphatic rings. The van der Waals surface area contributed by atoms with Crippen LogP contribution in [-0.4, -0.2) is 41.2 Å². The second-order valence-corrected chi connectivity index (χ2v) is 10.3. The van der Waals surface area contributed by atoms with Crippen LogP contribution in [0.25, 0.3) is 10.2 Å². The number of thioether (sulfide) groups is 1. The zero-order valence-electron chi connectivity index (χ0n) is 14.7. The number of ether oxygens (including phenoxy) is 1. The highest BCUT2D eigenvalue weighted by atomic mass is 35.5. The molecule has 1 aliphatic heterocycles. The molecule has 0 spiro atoms. The van der Waals surface area contributed by atoms with E-state index in [9.17, 15) is 0 Å². The van der Waals surface area contributed by atoms with Gasteiger partial charge in [0.15, 0.2) is 0 Å². The Morgan fingerprint density at radius 2 is 2.00 bits per heavy atom. The van der Waals surface area contributed by atoms with Gasteiger partial charge in [-0.3, -0.25) is 4.90 Å². The SMILES string of the molecule is Cc1sc2nc(CN3CCOCC3)nc(SCc3ccc(Cl)s3)c2c1C. The molecule has 26 heavy (non-hydrogen) atoms. The molecular weight excluding hydrogens is 406 g/mol. The molecule has 1 fully saturated rings. The van der Waals surface area contributed by atoms with Crippen molar-refractivity contribution in [1.82, 2.24) is 14.9 Å². The standard InChI is InChI=1S/C18H20ClN3OS3/c1-11-12(2)25-18-16(11)17(24-10-13-3-4-14(19)26-13)20-15(21-18)9-22-5-7-23-8-6-22/h3-4H,5-10H2,1-2H3. The molecule has 3 aromatic rings. The van der Waals surface area contributed by atoms with E-state index in [1.54, 1.807) is 34.4 Å². The van der Waals surface area contributed by atoms with Crippen molar-refractivity contribution in [2.24, 2.45) is 0 Å². The van der Waals surface area contributed by atoms with Crippen molar-refractivity contribution in [3.8, 4) is 0 Å². The normalized spacial score (nSPS) is 15.8. The molecule has 0 unspecified atom stereocenters. The third-order valence-electron chi connectivity index (χ3n) is 4.49. The minimum Gasteiger partial charge on any atom is -0.379 e. The number of thiophene rings is 2. The highest BCUT2D eigenvalue weighted by Gasteiger charge is 2.18. The number of nitrogens with zero attached hydrogens (tertiary/aromatic N) is 3. The summed E-state index contributed by atoms with van der Waals surface area (Å²) in [5, 5.41) is 2.30. The van der Waals surface area contributed by atoms with E-state index in [4.69, 9.17) is 26.3 Å². The lowest BCUT2D eigenvalue weighted by Crippen LogP contribution is -2.36. The molecule has 0 aromatic carbocycles. The largest absolute Gasteiger partial charge is 0.379 e. The van der Waals surface area contributed by atoms with Crippen LogP contribution >= 0.6 is 46.0 Å². The monoisotopic (exact) mass is 425 g/mol. The second kappa shape index (κ2) is 8.12. The van der Waals surface area contributed by atoms with E-state index in [0.29, 0.717) is 0 Å². The minimum atomic E-state index is 0.785. The van der Waals surface area contributed by atoms with E-state index < -0.39 is 0 Å². The van der Waals surface area contributed by atoms with Crippen molar-refractivity contribution in [1.29, 1.82) is 0 Å². The summed E-state index contributed by atoms with van der Waals surface area (Å²) in [6, 6.07) is 4.06. The van der Waals surface area contributed by atoms with Gasteiger partial charge in [-0.05, 0) is 31.5 Å². The molecular formula is C18H20ClN3OS3. The lowest BCUT2D eigenvalue weighted by atomic mass is 10.2. The summed E-state index contributed by atoms with van der Waals surface area (Å²) in [4.78, 5) is 15.9. The predicted molar refractivity (Wildman–Crippen MR) is 112 cm³/mol. The Hall–Kier alpha value is -0.700. The van der Waals surface area contributed by atoms with Gasteiger partial charge in [-0.2, -0.15) is 0 Å². The third-order valence-corrected chi connectivity index (χ3v) is 8.03. The Morgan fingerprint density at radius 1 is 1.19 bits per heavy atom. The molecule has 8 heteroatoms. The van der Waals surface area contributed by atoms with Gasteiger partial charge in [-0.1, -0.05) is 11.6 Å². The summed E-state index contributed by atoms with van der Waals surface area (Å²) >= 11 is 11.3. The molecule has 0 atom stereocenters. The van der Waals surface area contributed by atoms with Crippen molar-refractivity contribution in [3.05, 3.63) is 37.6 Å². The van der Waals surface area contributed by atoms with E-state index in [-0.39, 0.29) is 0 Å². The maximum Gasteiger partial charge on any atom is 0.145 e. The predicted octanol–water partition coefficient (Wildman–Crippen LogP) is 5.15. The van der Waals surface area contributed by atoms with E-state index >= 15 is 0 Å². The van der Waals surface area contributed by atoms with E-state index in [0.717, 1.165) is 58.6 Å². The Bertz CT molecular complexity index is 918. The first-order valence-electron chi connectivity index (χ1n) is 8.54. The Kier molecular flexibility index (Phi) is 5.83. The van der Waals surface area contributed by atoms with Gasteiger partial charge >= 0.3 is 0 Å². The minimum absolute atomic E-state index is 0.785. The third kappa shape index (κ3) is 4.08. The summed E-state index contributed by atoms with van der Waals surface area (Å²) in [5.74, 6) is 1.79. The first-order chi connectivity index (χ1) is 12.6. The number of hydrogen-bond donors (Lipinski definition) is 0. The van der Waals surface area contributed by atoms with Gasteiger partial charge in [-0.25, -0.2) is 9.97 Å². The van der Waals surface area contributed by atoms with Crippen LogP contribution in [0.2, 0.25) is 4.34 Å². The fourth-order valence-electron chi connectivity index (χ4n) is 2.96. The van der Waals surface area contributed by atoms with Gasteiger partial charge in [0.1, 0.15) is 15.7 Å².